The minimum Gasteiger partial charge on any atom is -0.354 e. The lowest BCUT2D eigenvalue weighted by Gasteiger charge is -2.27. The number of rotatable bonds is 4. The van der Waals surface area contributed by atoms with Gasteiger partial charge in [0.05, 0.1) is 17.6 Å². The summed E-state index contributed by atoms with van der Waals surface area (Å²) in [5.74, 6) is 5.92. The molecule has 35 heavy (non-hydrogen) atoms. The van der Waals surface area contributed by atoms with Gasteiger partial charge in [-0.15, -0.1) is 0 Å². The molecule has 7 heteroatoms. The van der Waals surface area contributed by atoms with Crippen LogP contribution in [-0.2, 0) is 32.1 Å². The highest BCUT2D eigenvalue weighted by atomic mass is 32.1. The van der Waals surface area contributed by atoms with Gasteiger partial charge in [-0.2, -0.15) is 13.2 Å². The molecule has 0 saturated carbocycles. The number of hydrogen-bond donors (Lipinski definition) is 0. The number of aromatic nitrogens is 2. The Labute approximate surface area is 208 Å². The molecule has 1 unspecified atom stereocenters. The van der Waals surface area contributed by atoms with Gasteiger partial charge in [-0.3, -0.25) is 0 Å². The summed E-state index contributed by atoms with van der Waals surface area (Å²) in [6, 6.07) is 10.2. The molecule has 178 valence electrons. The quantitative estimate of drug-likeness (QED) is 0.314. The summed E-state index contributed by atoms with van der Waals surface area (Å²) < 4.78 is 44.5. The zero-order valence-corrected chi connectivity index (χ0v) is 20.1. The lowest BCUT2D eigenvalue weighted by Crippen LogP contribution is -2.24. The van der Waals surface area contributed by atoms with E-state index in [0.29, 0.717) is 16.8 Å². The molecule has 0 spiro atoms. The average Bonchev–Trinajstić information content (AvgIpc) is 3.54. The van der Waals surface area contributed by atoms with Gasteiger partial charge < -0.3 is 9.47 Å². The van der Waals surface area contributed by atoms with Crippen molar-refractivity contribution in [3.8, 4) is 11.8 Å². The SMILES string of the molecule is C=C1c2cc(C#Cc3ccc(CC)cc3)cc(C(F)(F)F)c2CN1C(C=S)c1ncn2c1CCC2. The van der Waals surface area contributed by atoms with E-state index >= 15 is 0 Å². The number of fused-ring (bicyclic) bond motifs is 2. The van der Waals surface area contributed by atoms with Gasteiger partial charge in [0.25, 0.3) is 0 Å². The predicted molar refractivity (Wildman–Crippen MR) is 135 cm³/mol. The fourth-order valence-electron chi connectivity index (χ4n) is 4.92. The van der Waals surface area contributed by atoms with Gasteiger partial charge in [-0.1, -0.05) is 49.7 Å². The average molecular weight is 492 g/mol. The Kier molecular flexibility index (Phi) is 6.02. The Morgan fingerprint density at radius 2 is 1.91 bits per heavy atom. The van der Waals surface area contributed by atoms with E-state index in [1.165, 1.54) is 5.56 Å². The topological polar surface area (TPSA) is 21.1 Å². The molecular weight excluding hydrogens is 467 g/mol. The van der Waals surface area contributed by atoms with E-state index < -0.39 is 17.8 Å². The maximum absolute atomic E-state index is 14.1. The molecule has 0 aliphatic carbocycles. The first kappa shape index (κ1) is 23.4. The summed E-state index contributed by atoms with van der Waals surface area (Å²) in [7, 11) is 0. The van der Waals surface area contributed by atoms with E-state index in [9.17, 15) is 13.2 Å². The predicted octanol–water partition coefficient (Wildman–Crippen LogP) is 6.34. The highest BCUT2D eigenvalue weighted by Crippen LogP contribution is 2.44. The van der Waals surface area contributed by atoms with Gasteiger partial charge in [0, 0.05) is 46.5 Å². The third kappa shape index (κ3) is 4.28. The molecule has 2 aromatic carbocycles. The number of thiocarbonyl (C=S) groups is 1. The molecule has 2 aliphatic rings. The molecule has 0 bridgehead atoms. The Morgan fingerprint density at radius 3 is 2.60 bits per heavy atom. The smallest absolute Gasteiger partial charge is 0.354 e. The second-order valence-corrected chi connectivity index (χ2v) is 9.15. The van der Waals surface area contributed by atoms with Gasteiger partial charge in [-0.05, 0) is 54.7 Å². The van der Waals surface area contributed by atoms with Crippen LogP contribution in [0.2, 0.25) is 0 Å². The van der Waals surface area contributed by atoms with Gasteiger partial charge in [0.15, 0.2) is 0 Å². The van der Waals surface area contributed by atoms with E-state index in [4.69, 9.17) is 12.2 Å². The highest BCUT2D eigenvalue weighted by Gasteiger charge is 2.40. The molecule has 0 amide bonds. The van der Waals surface area contributed by atoms with Crippen LogP contribution in [0.4, 0.5) is 13.2 Å². The van der Waals surface area contributed by atoms with Crippen molar-refractivity contribution in [2.75, 3.05) is 0 Å². The maximum Gasteiger partial charge on any atom is 0.416 e. The number of hydrogen-bond acceptors (Lipinski definition) is 3. The number of alkyl halides is 3. The normalized spacial score (nSPS) is 15.4. The van der Waals surface area contributed by atoms with Gasteiger partial charge in [-0.25, -0.2) is 4.98 Å². The number of aryl methyl sites for hydroxylation is 2. The third-order valence-electron chi connectivity index (χ3n) is 6.79. The fourth-order valence-corrected chi connectivity index (χ4v) is 5.19. The van der Waals surface area contributed by atoms with Gasteiger partial charge in [0.2, 0.25) is 0 Å². The van der Waals surface area contributed by atoms with Crippen molar-refractivity contribution in [1.82, 2.24) is 14.5 Å². The Balaban J connectivity index is 1.52. The van der Waals surface area contributed by atoms with Crippen molar-refractivity contribution in [3.05, 3.63) is 94.1 Å². The Bertz CT molecular complexity index is 1370. The summed E-state index contributed by atoms with van der Waals surface area (Å²) in [5, 5.41) is 1.58. The molecule has 0 fully saturated rings. The molecule has 0 saturated heterocycles. The van der Waals surface area contributed by atoms with Gasteiger partial charge in [0.1, 0.15) is 6.04 Å². The summed E-state index contributed by atoms with van der Waals surface area (Å²) in [6.07, 6.45) is 0.101. The summed E-state index contributed by atoms with van der Waals surface area (Å²) >= 11 is 5.34. The lowest BCUT2D eigenvalue weighted by atomic mass is 9.98. The molecule has 1 aromatic heterocycles. The number of benzene rings is 2. The van der Waals surface area contributed by atoms with Crippen molar-refractivity contribution in [2.45, 2.75) is 51.5 Å². The van der Waals surface area contributed by atoms with Crippen molar-refractivity contribution in [1.29, 1.82) is 0 Å². The number of nitrogens with zero attached hydrogens (tertiary/aromatic N) is 3. The van der Waals surface area contributed by atoms with Crippen LogP contribution in [0.15, 0.2) is 49.3 Å². The highest BCUT2D eigenvalue weighted by molar-refractivity contribution is 7.79. The summed E-state index contributed by atoms with van der Waals surface area (Å²) in [5.41, 5.74) is 4.63. The zero-order valence-electron chi connectivity index (χ0n) is 19.3. The van der Waals surface area contributed by atoms with Crippen LogP contribution in [-0.4, -0.2) is 19.8 Å². The molecule has 0 N–H and O–H groups in total. The maximum atomic E-state index is 14.1. The van der Waals surface area contributed by atoms with Gasteiger partial charge >= 0.3 is 6.18 Å². The largest absolute Gasteiger partial charge is 0.416 e. The van der Waals surface area contributed by atoms with E-state index in [1.54, 1.807) is 17.8 Å². The number of imidazole rings is 1. The molecule has 1 atom stereocenters. The van der Waals surface area contributed by atoms with E-state index in [1.807, 2.05) is 29.2 Å². The standard InChI is InChI=1S/C28H24F3N3S/c1-3-19-6-8-20(9-7-19)10-11-21-13-22-18(2)34(15-23(22)24(14-21)28(29,30)31)26(16-35)27-25-5-4-12-33(25)17-32-27/h6-9,13-14,16-17,26H,2-5,12,15H2,1H3. The first-order valence-corrected chi connectivity index (χ1v) is 12.1. The minimum atomic E-state index is -4.51. The summed E-state index contributed by atoms with van der Waals surface area (Å²) in [4.78, 5) is 6.38. The Hall–Kier alpha value is -3.37. The van der Waals surface area contributed by atoms with Crippen molar-refractivity contribution in [2.24, 2.45) is 0 Å². The van der Waals surface area contributed by atoms with Crippen LogP contribution in [0.25, 0.3) is 5.70 Å². The first-order valence-electron chi connectivity index (χ1n) is 11.6. The molecule has 3 aromatic rings. The van der Waals surface area contributed by atoms with E-state index in [-0.39, 0.29) is 12.1 Å². The van der Waals surface area contributed by atoms with Crippen molar-refractivity contribution >= 4 is 23.3 Å². The zero-order chi connectivity index (χ0) is 24.7. The first-order chi connectivity index (χ1) is 16.8. The molecule has 2 aliphatic heterocycles. The van der Waals surface area contributed by atoms with Crippen molar-refractivity contribution < 1.29 is 13.2 Å². The third-order valence-corrected chi connectivity index (χ3v) is 7.05. The monoisotopic (exact) mass is 491 g/mol. The van der Waals surface area contributed by atoms with Crippen LogP contribution < -0.4 is 0 Å². The molecule has 0 radical (unpaired) electrons. The summed E-state index contributed by atoms with van der Waals surface area (Å²) in [6.45, 7) is 7.19. The van der Waals surface area contributed by atoms with Crippen LogP contribution >= 0.6 is 12.2 Å². The van der Waals surface area contributed by atoms with Crippen LogP contribution in [0.1, 0.15) is 64.2 Å². The second-order valence-electron chi connectivity index (χ2n) is 8.88. The Morgan fingerprint density at radius 1 is 1.17 bits per heavy atom. The number of halogens is 3. The van der Waals surface area contributed by atoms with Crippen molar-refractivity contribution in [3.63, 3.8) is 0 Å². The van der Waals surface area contributed by atoms with Crippen LogP contribution in [0.5, 0.6) is 0 Å². The molecule has 3 nitrogen and oxygen atoms in total. The van der Waals surface area contributed by atoms with Crippen LogP contribution in [0, 0.1) is 11.8 Å². The molecular formula is C28H24F3N3S. The minimum absolute atomic E-state index is 0.0688. The lowest BCUT2D eigenvalue weighted by molar-refractivity contribution is -0.138. The second kappa shape index (κ2) is 9.01. The molecule has 5 rings (SSSR count). The van der Waals surface area contributed by atoms with E-state index in [0.717, 1.165) is 48.8 Å². The van der Waals surface area contributed by atoms with Crippen LogP contribution in [0.3, 0.4) is 0 Å². The fraction of sp³-hybridized carbons (Fsp3) is 0.286. The molecule has 3 heterocycles. The van der Waals surface area contributed by atoms with E-state index in [2.05, 4.69) is 34.9 Å².